The van der Waals surface area contributed by atoms with Crippen LogP contribution in [0.5, 0.6) is 5.75 Å². The lowest BCUT2D eigenvalue weighted by Crippen LogP contribution is -2.38. The van der Waals surface area contributed by atoms with E-state index in [9.17, 15) is 9.59 Å². The van der Waals surface area contributed by atoms with Crippen LogP contribution in [0, 0.1) is 5.92 Å². The molecule has 0 aliphatic carbocycles. The topological polar surface area (TPSA) is 55.8 Å². The molecule has 1 amide bonds. The smallest absolute Gasteiger partial charge is 0.310 e. The molecule has 2 aliphatic rings. The lowest BCUT2D eigenvalue weighted by molar-refractivity contribution is -0.146. The molecular weight excluding hydrogens is 365 g/mol. The SMILES string of the molecule is COC(=O)C1CC2CCC1N2C(=O)CCCOc1ccc(Cl)cc1Cl. The standard InChI is InChI=1S/C18H21Cl2NO4/c1-24-18(23)13-10-12-5-6-15(13)21(12)17(22)3-2-8-25-16-7-4-11(19)9-14(16)20/h4,7,9,12-13,15H,2-3,5-6,8,10H2,1H3. The zero-order valence-corrected chi connectivity index (χ0v) is 15.6. The Balaban J connectivity index is 1.48. The Kier molecular flexibility index (Phi) is 5.74. The molecular formula is C18H21Cl2NO4. The number of nitrogens with zero attached hydrogens (tertiary/aromatic N) is 1. The van der Waals surface area contributed by atoms with E-state index in [1.54, 1.807) is 18.2 Å². The lowest BCUT2D eigenvalue weighted by atomic mass is 9.89. The summed E-state index contributed by atoms with van der Waals surface area (Å²) < 4.78 is 10.5. The molecule has 0 saturated carbocycles. The van der Waals surface area contributed by atoms with E-state index in [1.165, 1.54) is 7.11 Å². The highest BCUT2D eigenvalue weighted by Gasteiger charge is 2.51. The van der Waals surface area contributed by atoms with E-state index < -0.39 is 0 Å². The molecule has 2 fully saturated rings. The first kappa shape index (κ1) is 18.3. The molecule has 2 heterocycles. The van der Waals surface area contributed by atoms with Gasteiger partial charge in [0, 0.05) is 23.5 Å². The van der Waals surface area contributed by atoms with Gasteiger partial charge in [-0.15, -0.1) is 0 Å². The van der Waals surface area contributed by atoms with Gasteiger partial charge in [-0.2, -0.15) is 0 Å². The van der Waals surface area contributed by atoms with Crippen LogP contribution in [0.2, 0.25) is 10.0 Å². The number of halogens is 2. The van der Waals surface area contributed by atoms with Gasteiger partial charge < -0.3 is 14.4 Å². The molecule has 0 N–H and O–H groups in total. The Morgan fingerprint density at radius 2 is 2.08 bits per heavy atom. The van der Waals surface area contributed by atoms with E-state index in [1.807, 2.05) is 4.90 Å². The summed E-state index contributed by atoms with van der Waals surface area (Å²) in [6.45, 7) is 0.399. The Labute approximate surface area is 157 Å². The van der Waals surface area contributed by atoms with Gasteiger partial charge in [0.25, 0.3) is 0 Å². The molecule has 0 aromatic heterocycles. The summed E-state index contributed by atoms with van der Waals surface area (Å²) in [5, 5.41) is 1.01. The quantitative estimate of drug-likeness (QED) is 0.553. The van der Waals surface area contributed by atoms with Crippen LogP contribution in [0.1, 0.15) is 32.1 Å². The number of rotatable bonds is 6. The van der Waals surface area contributed by atoms with E-state index in [-0.39, 0.29) is 29.9 Å². The molecule has 3 atom stereocenters. The zero-order valence-electron chi connectivity index (χ0n) is 14.0. The van der Waals surface area contributed by atoms with Crippen molar-refractivity contribution in [3.63, 3.8) is 0 Å². The largest absolute Gasteiger partial charge is 0.492 e. The highest BCUT2D eigenvalue weighted by molar-refractivity contribution is 6.35. The summed E-state index contributed by atoms with van der Waals surface area (Å²) in [7, 11) is 1.40. The van der Waals surface area contributed by atoms with E-state index in [4.69, 9.17) is 32.7 Å². The number of ether oxygens (including phenoxy) is 2. The van der Waals surface area contributed by atoms with Gasteiger partial charge in [-0.3, -0.25) is 9.59 Å². The summed E-state index contributed by atoms with van der Waals surface area (Å²) in [4.78, 5) is 26.3. The molecule has 1 aromatic carbocycles. The minimum atomic E-state index is -0.203. The van der Waals surface area contributed by atoms with Crippen molar-refractivity contribution in [3.8, 4) is 5.75 Å². The predicted molar refractivity (Wildman–Crippen MR) is 95.0 cm³/mol. The molecule has 1 aromatic rings. The van der Waals surface area contributed by atoms with Crippen molar-refractivity contribution in [2.75, 3.05) is 13.7 Å². The van der Waals surface area contributed by atoms with E-state index in [0.29, 0.717) is 35.2 Å². The highest BCUT2D eigenvalue weighted by Crippen LogP contribution is 2.42. The monoisotopic (exact) mass is 385 g/mol. The second-order valence-electron chi connectivity index (χ2n) is 6.49. The molecule has 0 radical (unpaired) electrons. The van der Waals surface area contributed by atoms with Gasteiger partial charge >= 0.3 is 5.97 Å². The summed E-state index contributed by atoms with van der Waals surface area (Å²) in [5.41, 5.74) is 0. The third kappa shape index (κ3) is 3.87. The van der Waals surface area contributed by atoms with Crippen LogP contribution in [0.3, 0.4) is 0 Å². The number of benzene rings is 1. The number of methoxy groups -OCH3 is 1. The molecule has 3 rings (SSSR count). The van der Waals surface area contributed by atoms with Crippen molar-refractivity contribution < 1.29 is 19.1 Å². The molecule has 2 saturated heterocycles. The first-order valence-electron chi connectivity index (χ1n) is 8.48. The van der Waals surface area contributed by atoms with E-state index in [0.717, 1.165) is 19.3 Å². The number of carbonyl (C=O) groups excluding carboxylic acids is 2. The van der Waals surface area contributed by atoms with E-state index in [2.05, 4.69) is 0 Å². The van der Waals surface area contributed by atoms with Crippen molar-refractivity contribution >= 4 is 35.1 Å². The predicted octanol–water partition coefficient (Wildman–Crippen LogP) is 3.70. The van der Waals surface area contributed by atoms with Crippen molar-refractivity contribution in [1.82, 2.24) is 4.90 Å². The van der Waals surface area contributed by atoms with Crippen LogP contribution in [0.25, 0.3) is 0 Å². The molecule has 136 valence electrons. The van der Waals surface area contributed by atoms with Crippen molar-refractivity contribution in [3.05, 3.63) is 28.2 Å². The molecule has 2 aliphatic heterocycles. The molecule has 25 heavy (non-hydrogen) atoms. The molecule has 3 unspecified atom stereocenters. The van der Waals surface area contributed by atoms with Crippen LogP contribution >= 0.6 is 23.2 Å². The fourth-order valence-electron chi connectivity index (χ4n) is 3.91. The number of hydrogen-bond donors (Lipinski definition) is 0. The van der Waals surface area contributed by atoms with Gasteiger partial charge in [-0.1, -0.05) is 23.2 Å². The zero-order chi connectivity index (χ0) is 18.0. The Hall–Kier alpha value is -1.46. The van der Waals surface area contributed by atoms with Gasteiger partial charge in [0.2, 0.25) is 5.91 Å². The summed E-state index contributed by atoms with van der Waals surface area (Å²) in [6.07, 6.45) is 3.57. The first-order valence-corrected chi connectivity index (χ1v) is 9.23. The Morgan fingerprint density at radius 1 is 1.28 bits per heavy atom. The minimum absolute atomic E-state index is 0.00317. The van der Waals surface area contributed by atoms with Crippen LogP contribution in [-0.4, -0.2) is 42.6 Å². The van der Waals surface area contributed by atoms with Crippen molar-refractivity contribution in [2.24, 2.45) is 5.92 Å². The second-order valence-corrected chi connectivity index (χ2v) is 7.34. The second kappa shape index (κ2) is 7.83. The fourth-order valence-corrected chi connectivity index (χ4v) is 4.37. The van der Waals surface area contributed by atoms with Crippen LogP contribution in [0.4, 0.5) is 0 Å². The third-order valence-electron chi connectivity index (χ3n) is 5.02. The van der Waals surface area contributed by atoms with Gasteiger partial charge in [0.1, 0.15) is 5.75 Å². The number of amides is 1. The van der Waals surface area contributed by atoms with Crippen molar-refractivity contribution in [1.29, 1.82) is 0 Å². The summed E-state index contributed by atoms with van der Waals surface area (Å²) in [6, 6.07) is 5.22. The average molecular weight is 386 g/mol. The summed E-state index contributed by atoms with van der Waals surface area (Å²) in [5.74, 6) is 0.276. The summed E-state index contributed by atoms with van der Waals surface area (Å²) >= 11 is 11.9. The first-order chi connectivity index (χ1) is 12.0. The van der Waals surface area contributed by atoms with Crippen LogP contribution in [0.15, 0.2) is 18.2 Å². The Bertz CT molecular complexity index is 666. The molecule has 5 nitrogen and oxygen atoms in total. The molecule has 2 bridgehead atoms. The van der Waals surface area contributed by atoms with Crippen molar-refractivity contribution in [2.45, 2.75) is 44.2 Å². The molecule has 7 heteroatoms. The minimum Gasteiger partial charge on any atom is -0.492 e. The van der Waals surface area contributed by atoms with Crippen LogP contribution in [-0.2, 0) is 14.3 Å². The lowest BCUT2D eigenvalue weighted by Gasteiger charge is -2.23. The third-order valence-corrected chi connectivity index (χ3v) is 5.55. The highest BCUT2D eigenvalue weighted by atomic mass is 35.5. The van der Waals surface area contributed by atoms with Gasteiger partial charge in [-0.25, -0.2) is 0 Å². The number of carbonyl (C=O) groups is 2. The van der Waals surface area contributed by atoms with Gasteiger partial charge in [-0.05, 0) is 43.9 Å². The van der Waals surface area contributed by atoms with Gasteiger partial charge in [0.15, 0.2) is 0 Å². The maximum Gasteiger partial charge on any atom is 0.310 e. The average Bonchev–Trinajstić information content (AvgIpc) is 3.17. The number of esters is 1. The maximum atomic E-state index is 12.6. The number of hydrogen-bond acceptors (Lipinski definition) is 4. The van der Waals surface area contributed by atoms with E-state index >= 15 is 0 Å². The maximum absolute atomic E-state index is 12.6. The Morgan fingerprint density at radius 3 is 2.80 bits per heavy atom. The van der Waals surface area contributed by atoms with Gasteiger partial charge in [0.05, 0.1) is 24.7 Å². The fraction of sp³-hybridized carbons (Fsp3) is 0.556. The normalized spacial score (nSPS) is 24.4. The molecule has 0 spiro atoms. The van der Waals surface area contributed by atoms with Crippen LogP contribution < -0.4 is 4.74 Å². The number of fused-ring (bicyclic) bond motifs is 2.